The van der Waals surface area contributed by atoms with E-state index in [2.05, 4.69) is 5.32 Å². The van der Waals surface area contributed by atoms with Gasteiger partial charge in [-0.2, -0.15) is 0 Å². The molecule has 110 valence electrons. The molecule has 0 aliphatic rings. The minimum atomic E-state index is -0.379. The molecular weight excluding hydrogens is 288 g/mol. The van der Waals surface area contributed by atoms with E-state index in [0.717, 1.165) is 11.3 Å². The number of aryl methyl sites for hydroxylation is 1. The number of anilines is 3. The number of ether oxygens (including phenoxy) is 1. The number of hydrogen-bond donors (Lipinski definition) is 2. The van der Waals surface area contributed by atoms with Crippen molar-refractivity contribution in [2.75, 3.05) is 17.7 Å². The Morgan fingerprint density at radius 2 is 2.00 bits per heavy atom. The monoisotopic (exact) mass is 304 g/mol. The summed E-state index contributed by atoms with van der Waals surface area (Å²) in [5.74, 6) is -0.379. The van der Waals surface area contributed by atoms with E-state index < -0.39 is 0 Å². The molecule has 4 nitrogen and oxygen atoms in total. The number of nitrogens with two attached hydrogens (primary N) is 1. The fraction of sp³-hybridized carbons (Fsp3) is 0.188. The third kappa shape index (κ3) is 3.67. The summed E-state index contributed by atoms with van der Waals surface area (Å²) in [6.07, 6.45) is 0. The largest absolute Gasteiger partial charge is 0.462 e. The van der Waals surface area contributed by atoms with Gasteiger partial charge in [-0.05, 0) is 49.7 Å². The highest BCUT2D eigenvalue weighted by atomic mass is 35.5. The predicted octanol–water partition coefficient (Wildman–Crippen LogP) is 4.15. The average molecular weight is 305 g/mol. The smallest absolute Gasteiger partial charge is 0.338 e. The summed E-state index contributed by atoms with van der Waals surface area (Å²) in [5, 5.41) is 3.74. The third-order valence-corrected chi connectivity index (χ3v) is 3.29. The number of carbonyl (C=O) groups excluding carboxylic acids is 1. The highest BCUT2D eigenvalue weighted by molar-refractivity contribution is 6.33. The molecule has 21 heavy (non-hydrogen) atoms. The van der Waals surface area contributed by atoms with Crippen molar-refractivity contribution in [1.29, 1.82) is 0 Å². The summed E-state index contributed by atoms with van der Waals surface area (Å²) < 4.78 is 4.98. The van der Waals surface area contributed by atoms with Gasteiger partial charge in [0.1, 0.15) is 0 Å². The first kappa shape index (κ1) is 15.2. The van der Waals surface area contributed by atoms with E-state index in [1.165, 1.54) is 0 Å². The van der Waals surface area contributed by atoms with Gasteiger partial charge in [-0.15, -0.1) is 0 Å². The topological polar surface area (TPSA) is 64.3 Å². The zero-order chi connectivity index (χ0) is 15.4. The maximum Gasteiger partial charge on any atom is 0.338 e. The van der Waals surface area contributed by atoms with Crippen LogP contribution >= 0.6 is 11.6 Å². The summed E-state index contributed by atoms with van der Waals surface area (Å²) in [6, 6.07) is 10.6. The number of nitrogen functional groups attached to an aromatic ring is 1. The molecule has 2 aromatic rings. The van der Waals surface area contributed by atoms with Crippen molar-refractivity contribution < 1.29 is 9.53 Å². The number of benzene rings is 2. The van der Waals surface area contributed by atoms with Gasteiger partial charge in [0, 0.05) is 0 Å². The van der Waals surface area contributed by atoms with Gasteiger partial charge in [0.05, 0.1) is 34.3 Å². The second-order valence-electron chi connectivity index (χ2n) is 4.63. The molecule has 0 aromatic heterocycles. The van der Waals surface area contributed by atoms with Gasteiger partial charge >= 0.3 is 5.97 Å². The number of hydrogen-bond acceptors (Lipinski definition) is 4. The summed E-state index contributed by atoms with van der Waals surface area (Å²) in [4.78, 5) is 11.8. The quantitative estimate of drug-likeness (QED) is 0.658. The van der Waals surface area contributed by atoms with Crippen molar-refractivity contribution >= 4 is 34.6 Å². The molecule has 0 spiro atoms. The van der Waals surface area contributed by atoms with Crippen LogP contribution in [0.3, 0.4) is 0 Å². The highest BCUT2D eigenvalue weighted by Crippen LogP contribution is 2.30. The minimum Gasteiger partial charge on any atom is -0.462 e. The summed E-state index contributed by atoms with van der Waals surface area (Å²) in [5.41, 5.74) is 9.34. The maximum absolute atomic E-state index is 11.8. The van der Waals surface area contributed by atoms with Crippen LogP contribution in [0.5, 0.6) is 0 Å². The zero-order valence-electron chi connectivity index (χ0n) is 11.9. The Morgan fingerprint density at radius 1 is 1.24 bits per heavy atom. The lowest BCUT2D eigenvalue weighted by atomic mass is 10.1. The van der Waals surface area contributed by atoms with E-state index in [1.54, 1.807) is 25.1 Å². The number of halogens is 1. The van der Waals surface area contributed by atoms with Crippen LogP contribution in [-0.4, -0.2) is 12.6 Å². The van der Waals surface area contributed by atoms with Crippen LogP contribution in [0.25, 0.3) is 0 Å². The van der Waals surface area contributed by atoms with Crippen LogP contribution in [-0.2, 0) is 4.74 Å². The molecule has 0 heterocycles. The second-order valence-corrected chi connectivity index (χ2v) is 5.04. The normalized spacial score (nSPS) is 10.2. The van der Waals surface area contributed by atoms with Crippen molar-refractivity contribution in [2.45, 2.75) is 13.8 Å². The zero-order valence-corrected chi connectivity index (χ0v) is 12.7. The van der Waals surface area contributed by atoms with Crippen molar-refractivity contribution in [1.82, 2.24) is 0 Å². The first-order valence-electron chi connectivity index (χ1n) is 6.61. The van der Waals surface area contributed by atoms with Gasteiger partial charge in [0.25, 0.3) is 0 Å². The molecule has 5 heteroatoms. The molecule has 0 unspecified atom stereocenters. The first-order chi connectivity index (χ1) is 10.0. The molecule has 0 bridgehead atoms. The lowest BCUT2D eigenvalue weighted by molar-refractivity contribution is 0.0526. The number of carbonyl (C=O) groups is 1. The number of nitrogens with one attached hydrogen (secondary N) is 1. The molecular formula is C16H17ClN2O2. The van der Waals surface area contributed by atoms with Crippen LogP contribution in [0, 0.1) is 6.92 Å². The molecule has 0 saturated carbocycles. The number of rotatable bonds is 4. The number of esters is 1. The third-order valence-electron chi connectivity index (χ3n) is 2.96. The van der Waals surface area contributed by atoms with Crippen LogP contribution in [0.2, 0.25) is 5.02 Å². The van der Waals surface area contributed by atoms with E-state index in [1.807, 2.05) is 25.1 Å². The standard InChI is InChI=1S/C16H17ClN2O2/c1-3-21-16(20)11-5-7-13(18)15(9-11)19-14-8-10(2)4-6-12(14)17/h4-9,19H,3,18H2,1-2H3. The molecule has 0 amide bonds. The fourth-order valence-corrected chi connectivity index (χ4v) is 2.05. The van der Waals surface area contributed by atoms with Crippen LogP contribution in [0.4, 0.5) is 17.1 Å². The Hall–Kier alpha value is -2.20. The Kier molecular flexibility index (Phi) is 4.70. The van der Waals surface area contributed by atoms with Crippen molar-refractivity contribution in [3.63, 3.8) is 0 Å². The molecule has 0 saturated heterocycles. The van der Waals surface area contributed by atoms with Crippen LogP contribution in [0.15, 0.2) is 36.4 Å². The molecule has 2 rings (SSSR count). The van der Waals surface area contributed by atoms with E-state index in [-0.39, 0.29) is 5.97 Å². The van der Waals surface area contributed by atoms with Gasteiger partial charge in [-0.3, -0.25) is 0 Å². The lowest BCUT2D eigenvalue weighted by Gasteiger charge is -2.13. The summed E-state index contributed by atoms with van der Waals surface area (Å²) in [7, 11) is 0. The molecule has 2 aromatic carbocycles. The van der Waals surface area contributed by atoms with Crippen molar-refractivity contribution in [2.24, 2.45) is 0 Å². The second kappa shape index (κ2) is 6.50. The lowest BCUT2D eigenvalue weighted by Crippen LogP contribution is -2.06. The maximum atomic E-state index is 11.8. The Labute approximate surface area is 128 Å². The predicted molar refractivity (Wildman–Crippen MR) is 86.3 cm³/mol. The van der Waals surface area contributed by atoms with Gasteiger partial charge in [-0.1, -0.05) is 17.7 Å². The fourth-order valence-electron chi connectivity index (χ4n) is 1.89. The minimum absolute atomic E-state index is 0.329. The van der Waals surface area contributed by atoms with Gasteiger partial charge < -0.3 is 15.8 Å². The summed E-state index contributed by atoms with van der Waals surface area (Å²) >= 11 is 6.16. The Balaban J connectivity index is 2.33. The molecule has 0 aliphatic carbocycles. The van der Waals surface area contributed by atoms with Gasteiger partial charge in [-0.25, -0.2) is 4.79 Å². The van der Waals surface area contributed by atoms with E-state index in [4.69, 9.17) is 22.1 Å². The van der Waals surface area contributed by atoms with Gasteiger partial charge in [0.15, 0.2) is 0 Å². The van der Waals surface area contributed by atoms with Crippen LogP contribution in [0.1, 0.15) is 22.8 Å². The molecule has 0 atom stereocenters. The summed E-state index contributed by atoms with van der Waals surface area (Å²) in [6.45, 7) is 4.07. The first-order valence-corrected chi connectivity index (χ1v) is 6.99. The van der Waals surface area contributed by atoms with E-state index in [0.29, 0.717) is 28.6 Å². The van der Waals surface area contributed by atoms with E-state index >= 15 is 0 Å². The SMILES string of the molecule is CCOC(=O)c1ccc(N)c(Nc2cc(C)ccc2Cl)c1. The van der Waals surface area contributed by atoms with E-state index in [9.17, 15) is 4.79 Å². The average Bonchev–Trinajstić information content (AvgIpc) is 2.45. The highest BCUT2D eigenvalue weighted by Gasteiger charge is 2.10. The van der Waals surface area contributed by atoms with Gasteiger partial charge in [0.2, 0.25) is 0 Å². The van der Waals surface area contributed by atoms with Crippen molar-refractivity contribution in [3.8, 4) is 0 Å². The molecule has 3 N–H and O–H groups in total. The van der Waals surface area contributed by atoms with Crippen molar-refractivity contribution in [3.05, 3.63) is 52.5 Å². The van der Waals surface area contributed by atoms with Crippen LogP contribution < -0.4 is 11.1 Å². The molecule has 0 fully saturated rings. The molecule has 0 radical (unpaired) electrons. The Bertz CT molecular complexity index is 671. The molecule has 0 aliphatic heterocycles. The Morgan fingerprint density at radius 3 is 2.71 bits per heavy atom.